The first-order chi connectivity index (χ1) is 16.8. The largest absolute Gasteiger partial charge is 0.491 e. The monoisotopic (exact) mass is 505 g/mol. The second-order valence-electron chi connectivity index (χ2n) is 8.71. The highest BCUT2D eigenvalue weighted by molar-refractivity contribution is 6.30. The fourth-order valence-electron chi connectivity index (χ4n) is 5.22. The summed E-state index contributed by atoms with van der Waals surface area (Å²) in [6.45, 7) is 0.847. The fourth-order valence-corrected chi connectivity index (χ4v) is 5.40. The number of fused-ring (bicyclic) bond motifs is 2. The molecule has 5 rings (SSSR count). The van der Waals surface area contributed by atoms with E-state index in [1.54, 1.807) is 9.47 Å². The Balaban J connectivity index is 1.55. The predicted molar refractivity (Wildman–Crippen MR) is 122 cm³/mol. The number of rotatable bonds is 4. The number of nitrogens with zero attached hydrogens (tertiary/aromatic N) is 2. The molecule has 8 nitrogen and oxygen atoms in total. The molecule has 0 radical (unpaired) electrons. The molecule has 1 N–H and O–H groups in total. The van der Waals surface area contributed by atoms with Crippen LogP contribution in [0.4, 0.5) is 8.78 Å². The minimum Gasteiger partial charge on any atom is -0.491 e. The van der Waals surface area contributed by atoms with E-state index in [1.807, 2.05) is 12.2 Å². The molecular weight excluding hydrogens is 484 g/mol. The summed E-state index contributed by atoms with van der Waals surface area (Å²) in [5.41, 5.74) is -1.56. The highest BCUT2D eigenvalue weighted by Gasteiger charge is 2.54. The molecule has 3 aliphatic heterocycles. The van der Waals surface area contributed by atoms with E-state index in [0.29, 0.717) is 26.0 Å². The van der Waals surface area contributed by atoms with Crippen LogP contribution in [-0.4, -0.2) is 53.7 Å². The Bertz CT molecular complexity index is 1330. The maximum Gasteiger partial charge on any atom is 0.275 e. The van der Waals surface area contributed by atoms with Crippen molar-refractivity contribution in [3.05, 3.63) is 74.2 Å². The number of carbonyl (C=O) groups excluding carboxylic acids is 2. The van der Waals surface area contributed by atoms with Crippen LogP contribution in [0.15, 0.2) is 35.3 Å². The van der Waals surface area contributed by atoms with Crippen LogP contribution in [0.2, 0.25) is 5.02 Å². The van der Waals surface area contributed by atoms with Crippen LogP contribution in [0.1, 0.15) is 45.3 Å². The van der Waals surface area contributed by atoms with Gasteiger partial charge in [0.15, 0.2) is 11.4 Å². The van der Waals surface area contributed by atoms with Crippen molar-refractivity contribution in [2.45, 2.75) is 31.0 Å². The lowest BCUT2D eigenvalue weighted by Gasteiger charge is -2.56. The molecule has 35 heavy (non-hydrogen) atoms. The van der Waals surface area contributed by atoms with Gasteiger partial charge in [-0.05, 0) is 18.9 Å². The van der Waals surface area contributed by atoms with Crippen LogP contribution in [-0.2, 0) is 11.3 Å². The SMILES string of the molecule is COc1c2n(cc(C(=O)NCc3ccc(F)c(Cl)c3F)c1=O)[C@H]1COCC[C@]13CC=CCN3C2=O. The zero-order chi connectivity index (χ0) is 24.9. The number of halogens is 3. The molecule has 11 heteroatoms. The molecule has 3 aliphatic rings. The van der Waals surface area contributed by atoms with Crippen molar-refractivity contribution in [2.75, 3.05) is 26.9 Å². The van der Waals surface area contributed by atoms with Crippen molar-refractivity contribution in [1.29, 1.82) is 0 Å². The minimum absolute atomic E-state index is 0.0470. The van der Waals surface area contributed by atoms with Gasteiger partial charge < -0.3 is 24.3 Å². The Morgan fingerprint density at radius 2 is 2.11 bits per heavy atom. The zero-order valence-corrected chi connectivity index (χ0v) is 19.5. The van der Waals surface area contributed by atoms with Gasteiger partial charge in [-0.1, -0.05) is 29.8 Å². The number of hydrogen-bond acceptors (Lipinski definition) is 5. The number of amides is 2. The Kier molecular flexibility index (Phi) is 5.88. The van der Waals surface area contributed by atoms with Gasteiger partial charge in [-0.2, -0.15) is 0 Å². The molecule has 1 aromatic heterocycles. The van der Waals surface area contributed by atoms with E-state index in [2.05, 4.69) is 5.32 Å². The maximum atomic E-state index is 14.3. The fraction of sp³-hybridized carbons (Fsp3) is 0.375. The minimum atomic E-state index is -0.996. The second-order valence-corrected chi connectivity index (χ2v) is 9.09. The van der Waals surface area contributed by atoms with Gasteiger partial charge in [0.2, 0.25) is 5.43 Å². The molecule has 1 fully saturated rings. The predicted octanol–water partition coefficient (Wildman–Crippen LogP) is 2.83. The van der Waals surface area contributed by atoms with Gasteiger partial charge in [0.25, 0.3) is 11.8 Å². The van der Waals surface area contributed by atoms with Crippen LogP contribution in [0.25, 0.3) is 0 Å². The standard InChI is InChI=1S/C24H22ClF2N3O5/c1-34-21-19-23(33)30-8-3-2-6-24(30)7-9-35-12-16(24)29(19)11-14(20(21)31)22(32)28-10-13-4-5-15(26)17(25)18(13)27/h2-5,11,16H,6-10,12H2,1H3,(H,28,32)/t16-,24+/m0/s1. The molecule has 1 aromatic carbocycles. The highest BCUT2D eigenvalue weighted by atomic mass is 35.5. The van der Waals surface area contributed by atoms with Crippen molar-refractivity contribution >= 4 is 23.4 Å². The van der Waals surface area contributed by atoms with E-state index >= 15 is 0 Å². The first kappa shape index (κ1) is 23.5. The first-order valence-corrected chi connectivity index (χ1v) is 11.5. The van der Waals surface area contributed by atoms with E-state index < -0.39 is 33.5 Å². The van der Waals surface area contributed by atoms with Gasteiger partial charge >= 0.3 is 0 Å². The summed E-state index contributed by atoms with van der Waals surface area (Å²) < 4.78 is 40.4. The van der Waals surface area contributed by atoms with Crippen molar-refractivity contribution in [3.63, 3.8) is 0 Å². The Morgan fingerprint density at radius 1 is 1.31 bits per heavy atom. The zero-order valence-electron chi connectivity index (χ0n) is 18.8. The number of nitrogens with one attached hydrogen (secondary N) is 1. The van der Waals surface area contributed by atoms with Crippen LogP contribution < -0.4 is 15.5 Å². The van der Waals surface area contributed by atoms with Gasteiger partial charge in [-0.15, -0.1) is 0 Å². The number of benzene rings is 1. The third kappa shape index (κ3) is 3.54. The van der Waals surface area contributed by atoms with Crippen LogP contribution in [0.3, 0.4) is 0 Å². The van der Waals surface area contributed by atoms with Crippen molar-refractivity contribution in [3.8, 4) is 5.75 Å². The van der Waals surface area contributed by atoms with E-state index in [0.717, 1.165) is 12.1 Å². The summed E-state index contributed by atoms with van der Waals surface area (Å²) in [6.07, 6.45) is 6.51. The third-order valence-electron chi connectivity index (χ3n) is 7.02. The molecule has 2 amide bonds. The molecule has 0 saturated carbocycles. The van der Waals surface area contributed by atoms with Crippen LogP contribution in [0, 0.1) is 11.6 Å². The summed E-state index contributed by atoms with van der Waals surface area (Å²) in [6, 6.07) is 1.80. The Hall–Kier alpha value is -3.24. The number of hydrogen-bond donors (Lipinski definition) is 1. The van der Waals surface area contributed by atoms with E-state index in [1.165, 1.54) is 13.3 Å². The van der Waals surface area contributed by atoms with Crippen molar-refractivity contribution in [1.82, 2.24) is 14.8 Å². The third-order valence-corrected chi connectivity index (χ3v) is 7.36. The van der Waals surface area contributed by atoms with Gasteiger partial charge in [0, 0.05) is 31.5 Å². The average Bonchev–Trinajstić information content (AvgIpc) is 2.86. The second kappa shape index (κ2) is 8.76. The van der Waals surface area contributed by atoms with Crippen molar-refractivity contribution < 1.29 is 27.8 Å². The number of pyridine rings is 1. The molecule has 2 aromatic rings. The van der Waals surface area contributed by atoms with Crippen LogP contribution in [0.5, 0.6) is 5.75 Å². The van der Waals surface area contributed by atoms with Gasteiger partial charge in [-0.25, -0.2) is 8.78 Å². The molecule has 1 spiro atoms. The average molecular weight is 506 g/mol. The molecule has 184 valence electrons. The van der Waals surface area contributed by atoms with Gasteiger partial charge in [-0.3, -0.25) is 14.4 Å². The number of ether oxygens (including phenoxy) is 2. The molecule has 2 atom stereocenters. The first-order valence-electron chi connectivity index (χ1n) is 11.1. The Labute approximate surface area is 204 Å². The van der Waals surface area contributed by atoms with Crippen LogP contribution >= 0.6 is 11.6 Å². The number of methoxy groups -OCH3 is 1. The summed E-state index contributed by atoms with van der Waals surface area (Å²) in [5, 5.41) is 1.79. The lowest BCUT2D eigenvalue weighted by atomic mass is 9.76. The summed E-state index contributed by atoms with van der Waals surface area (Å²) in [7, 11) is 1.26. The maximum absolute atomic E-state index is 14.3. The van der Waals surface area contributed by atoms with E-state index in [4.69, 9.17) is 21.1 Å². The summed E-state index contributed by atoms with van der Waals surface area (Å²) in [4.78, 5) is 41.5. The smallest absolute Gasteiger partial charge is 0.275 e. The van der Waals surface area contributed by atoms with Crippen molar-refractivity contribution in [2.24, 2.45) is 0 Å². The van der Waals surface area contributed by atoms with E-state index in [-0.39, 0.29) is 47.7 Å². The number of aromatic nitrogens is 1. The molecule has 1 saturated heterocycles. The molecular formula is C24H22ClF2N3O5. The molecule has 0 bridgehead atoms. The normalized spacial score (nSPS) is 22.8. The highest BCUT2D eigenvalue weighted by Crippen LogP contribution is 2.46. The molecule has 4 heterocycles. The lowest BCUT2D eigenvalue weighted by Crippen LogP contribution is -2.65. The quantitative estimate of drug-likeness (QED) is 0.510. The Morgan fingerprint density at radius 3 is 2.89 bits per heavy atom. The number of carbonyl (C=O) groups is 2. The van der Waals surface area contributed by atoms with Gasteiger partial charge in [0.05, 0.1) is 25.3 Å². The summed E-state index contributed by atoms with van der Waals surface area (Å²) >= 11 is 5.61. The lowest BCUT2D eigenvalue weighted by molar-refractivity contribution is -0.0673. The molecule has 0 unspecified atom stereocenters. The molecule has 0 aliphatic carbocycles. The summed E-state index contributed by atoms with van der Waals surface area (Å²) in [5.74, 6) is -3.31. The topological polar surface area (TPSA) is 89.9 Å². The van der Waals surface area contributed by atoms with E-state index in [9.17, 15) is 23.2 Å². The van der Waals surface area contributed by atoms with Gasteiger partial charge in [0.1, 0.15) is 22.2 Å².